The lowest BCUT2D eigenvalue weighted by molar-refractivity contribution is -0.165. The standard InChI is InChI=1S/C28H38O12/c1-15(2)25(33)37-9-11-39-27(35)20-8-6-17(13-21(20)24(31)32)18-5-7-19(23(29)30)22(14-18)28(36)40-12-10-38-26(34)16(3)4/h17-22H,1,3,5-14H2,2,4H3,(H,29,30)(H,31,32). The molecule has 0 aromatic rings. The van der Waals surface area contributed by atoms with Gasteiger partial charge in [0.2, 0.25) is 0 Å². The molecular formula is C28H38O12. The Bertz CT molecular complexity index is 1010. The highest BCUT2D eigenvalue weighted by Gasteiger charge is 2.46. The van der Waals surface area contributed by atoms with Gasteiger partial charge in [-0.2, -0.15) is 0 Å². The van der Waals surface area contributed by atoms with Gasteiger partial charge in [0.25, 0.3) is 0 Å². The van der Waals surface area contributed by atoms with Gasteiger partial charge in [0, 0.05) is 11.1 Å². The van der Waals surface area contributed by atoms with Gasteiger partial charge >= 0.3 is 35.8 Å². The molecule has 12 nitrogen and oxygen atoms in total. The summed E-state index contributed by atoms with van der Waals surface area (Å²) in [4.78, 5) is 72.2. The number of hydrogen-bond acceptors (Lipinski definition) is 10. The van der Waals surface area contributed by atoms with Crippen LogP contribution in [0.3, 0.4) is 0 Å². The molecule has 0 spiro atoms. The summed E-state index contributed by atoms with van der Waals surface area (Å²) >= 11 is 0. The summed E-state index contributed by atoms with van der Waals surface area (Å²) in [6, 6.07) is 0. The lowest BCUT2D eigenvalue weighted by Gasteiger charge is -2.41. The van der Waals surface area contributed by atoms with Crippen molar-refractivity contribution in [1.82, 2.24) is 0 Å². The molecule has 222 valence electrons. The molecule has 0 aromatic carbocycles. The maximum atomic E-state index is 12.8. The van der Waals surface area contributed by atoms with E-state index < -0.39 is 59.5 Å². The first-order valence-corrected chi connectivity index (χ1v) is 13.3. The Morgan fingerprint density at radius 2 is 0.950 bits per heavy atom. The highest BCUT2D eigenvalue weighted by atomic mass is 16.6. The molecule has 0 aliphatic heterocycles. The topological polar surface area (TPSA) is 180 Å². The summed E-state index contributed by atoms with van der Waals surface area (Å²) < 4.78 is 20.1. The first kappa shape index (κ1) is 32.5. The molecule has 0 aromatic heterocycles. The van der Waals surface area contributed by atoms with E-state index in [-0.39, 0.29) is 75.1 Å². The highest BCUT2D eigenvalue weighted by molar-refractivity contribution is 5.87. The van der Waals surface area contributed by atoms with E-state index in [2.05, 4.69) is 13.2 Å². The van der Waals surface area contributed by atoms with Crippen molar-refractivity contribution in [2.45, 2.75) is 52.4 Å². The summed E-state index contributed by atoms with van der Waals surface area (Å²) in [7, 11) is 0. The van der Waals surface area contributed by atoms with E-state index in [1.807, 2.05) is 0 Å². The van der Waals surface area contributed by atoms with Gasteiger partial charge in [-0.05, 0) is 64.2 Å². The summed E-state index contributed by atoms with van der Waals surface area (Å²) in [5.74, 6) is -8.90. The quantitative estimate of drug-likeness (QED) is 0.144. The van der Waals surface area contributed by atoms with Crippen molar-refractivity contribution >= 4 is 35.8 Å². The van der Waals surface area contributed by atoms with Gasteiger partial charge in [0.15, 0.2) is 0 Å². The largest absolute Gasteiger partial charge is 0.481 e. The lowest BCUT2D eigenvalue weighted by atomic mass is 9.63. The zero-order chi connectivity index (χ0) is 30.0. The van der Waals surface area contributed by atoms with E-state index in [4.69, 9.17) is 18.9 Å². The van der Waals surface area contributed by atoms with Crippen molar-refractivity contribution < 1.29 is 57.9 Å². The number of hydrogen-bond donors (Lipinski definition) is 2. The molecule has 2 rings (SSSR count). The van der Waals surface area contributed by atoms with Crippen LogP contribution in [0.1, 0.15) is 52.4 Å². The Morgan fingerprint density at radius 1 is 0.575 bits per heavy atom. The van der Waals surface area contributed by atoms with Crippen LogP contribution in [0.15, 0.2) is 24.3 Å². The van der Waals surface area contributed by atoms with E-state index in [9.17, 15) is 39.0 Å². The summed E-state index contributed by atoms with van der Waals surface area (Å²) in [6.45, 7) is 9.05. The molecule has 2 saturated carbocycles. The Hall–Kier alpha value is -3.70. The number of rotatable bonds is 13. The third-order valence-electron chi connectivity index (χ3n) is 7.51. The second-order valence-electron chi connectivity index (χ2n) is 10.4. The number of carboxylic acids is 2. The van der Waals surface area contributed by atoms with Crippen LogP contribution >= 0.6 is 0 Å². The molecule has 0 amide bonds. The molecule has 2 aliphatic rings. The molecule has 2 N–H and O–H groups in total. The van der Waals surface area contributed by atoms with Crippen LogP contribution in [0.4, 0.5) is 0 Å². The van der Waals surface area contributed by atoms with Crippen LogP contribution in [0.2, 0.25) is 0 Å². The highest BCUT2D eigenvalue weighted by Crippen LogP contribution is 2.46. The van der Waals surface area contributed by atoms with Crippen LogP contribution in [-0.2, 0) is 47.7 Å². The molecule has 2 aliphatic carbocycles. The van der Waals surface area contributed by atoms with Crippen molar-refractivity contribution in [3.8, 4) is 0 Å². The minimum atomic E-state index is -1.14. The predicted molar refractivity (Wildman–Crippen MR) is 137 cm³/mol. The second kappa shape index (κ2) is 15.2. The maximum Gasteiger partial charge on any atom is 0.333 e. The molecule has 12 heteroatoms. The molecule has 0 bridgehead atoms. The fraction of sp³-hybridized carbons (Fsp3) is 0.643. The molecule has 6 unspecified atom stereocenters. The Morgan fingerprint density at radius 3 is 1.38 bits per heavy atom. The average Bonchev–Trinajstić information content (AvgIpc) is 2.91. The minimum absolute atomic E-state index is 0.130. The maximum absolute atomic E-state index is 12.8. The molecule has 2 fully saturated rings. The number of esters is 4. The van der Waals surface area contributed by atoms with Crippen molar-refractivity contribution in [1.29, 1.82) is 0 Å². The molecule has 0 saturated heterocycles. The van der Waals surface area contributed by atoms with Crippen LogP contribution in [0, 0.1) is 35.5 Å². The first-order chi connectivity index (χ1) is 18.8. The van der Waals surface area contributed by atoms with Gasteiger partial charge < -0.3 is 29.2 Å². The van der Waals surface area contributed by atoms with E-state index in [1.54, 1.807) is 0 Å². The third kappa shape index (κ3) is 9.20. The normalized spacial score (nSPS) is 26.1. The monoisotopic (exact) mass is 566 g/mol. The number of carbonyl (C=O) groups excluding carboxylic acids is 4. The molecular weight excluding hydrogens is 528 g/mol. The fourth-order valence-corrected chi connectivity index (χ4v) is 5.39. The van der Waals surface area contributed by atoms with Crippen molar-refractivity contribution in [2.75, 3.05) is 26.4 Å². The summed E-state index contributed by atoms with van der Waals surface area (Å²) in [6.07, 6.45) is 1.88. The number of ether oxygens (including phenoxy) is 4. The Labute approximate surface area is 232 Å². The molecule has 40 heavy (non-hydrogen) atoms. The van der Waals surface area contributed by atoms with Gasteiger partial charge in [-0.15, -0.1) is 0 Å². The van der Waals surface area contributed by atoms with E-state index >= 15 is 0 Å². The lowest BCUT2D eigenvalue weighted by Crippen LogP contribution is -2.42. The van der Waals surface area contributed by atoms with E-state index in [0.29, 0.717) is 12.8 Å². The van der Waals surface area contributed by atoms with Gasteiger partial charge in [0.1, 0.15) is 26.4 Å². The SMILES string of the molecule is C=C(C)C(=O)OCCOC(=O)C1CCC(C2CCC(C(=O)O)C(C(=O)OCCOC(=O)C(=C)C)C2)CC1C(=O)O. The van der Waals surface area contributed by atoms with Gasteiger partial charge in [0.05, 0.1) is 23.7 Å². The van der Waals surface area contributed by atoms with Crippen LogP contribution in [0.5, 0.6) is 0 Å². The van der Waals surface area contributed by atoms with E-state index in [0.717, 1.165) is 0 Å². The number of carbonyl (C=O) groups is 6. The van der Waals surface area contributed by atoms with Crippen molar-refractivity contribution in [3.05, 3.63) is 24.3 Å². The summed E-state index contributed by atoms with van der Waals surface area (Å²) in [5.41, 5.74) is 0.395. The smallest absolute Gasteiger partial charge is 0.333 e. The third-order valence-corrected chi connectivity index (χ3v) is 7.51. The number of aliphatic carboxylic acids is 2. The predicted octanol–water partition coefficient (Wildman–Crippen LogP) is 2.55. The fourth-order valence-electron chi connectivity index (χ4n) is 5.39. The average molecular weight is 567 g/mol. The van der Waals surface area contributed by atoms with Crippen molar-refractivity contribution in [3.63, 3.8) is 0 Å². The molecule has 0 heterocycles. The van der Waals surface area contributed by atoms with Crippen LogP contribution < -0.4 is 0 Å². The summed E-state index contributed by atoms with van der Waals surface area (Å²) in [5, 5.41) is 19.5. The molecule has 0 radical (unpaired) electrons. The van der Waals surface area contributed by atoms with Gasteiger partial charge in [-0.25, -0.2) is 9.59 Å². The second-order valence-corrected chi connectivity index (χ2v) is 10.4. The Kier molecular flexibility index (Phi) is 12.3. The number of carboxylic acid groups (broad SMARTS) is 2. The minimum Gasteiger partial charge on any atom is -0.481 e. The first-order valence-electron chi connectivity index (χ1n) is 13.3. The zero-order valence-corrected chi connectivity index (χ0v) is 22.9. The zero-order valence-electron chi connectivity index (χ0n) is 22.9. The van der Waals surface area contributed by atoms with Gasteiger partial charge in [-0.3, -0.25) is 19.2 Å². The Balaban J connectivity index is 1.96. The van der Waals surface area contributed by atoms with Crippen molar-refractivity contribution in [2.24, 2.45) is 35.5 Å². The molecule has 6 atom stereocenters. The van der Waals surface area contributed by atoms with Crippen LogP contribution in [-0.4, -0.2) is 72.5 Å². The van der Waals surface area contributed by atoms with E-state index in [1.165, 1.54) is 13.8 Å². The van der Waals surface area contributed by atoms with Crippen LogP contribution in [0.25, 0.3) is 0 Å². The van der Waals surface area contributed by atoms with Gasteiger partial charge in [-0.1, -0.05) is 13.2 Å².